The molecule has 0 saturated carbocycles. The number of hydrogen-bond acceptors (Lipinski definition) is 1. The van der Waals surface area contributed by atoms with Crippen LogP contribution in [0, 0.1) is 28.4 Å². The summed E-state index contributed by atoms with van der Waals surface area (Å²) in [6.07, 6.45) is 1.21. The Balaban J connectivity index is 1.96. The van der Waals surface area contributed by atoms with E-state index in [1.807, 2.05) is 24.3 Å². The lowest BCUT2D eigenvalue weighted by atomic mass is 9.80. The molecular weight excluding hydrogens is 256 g/mol. The molecule has 1 nitrogen and oxygen atoms in total. The van der Waals surface area contributed by atoms with Gasteiger partial charge in [-0.15, -0.1) is 0 Å². The standard InChI is InChI=1S/C17H13F2N/c18-15-6-3-7-16(19)14(15)10-17(11-20)8-12-4-1-2-5-13(12)9-17/h1-7H,8-10H2. The van der Waals surface area contributed by atoms with Crippen LogP contribution in [0.5, 0.6) is 0 Å². The number of hydrogen-bond donors (Lipinski definition) is 0. The van der Waals surface area contributed by atoms with E-state index in [2.05, 4.69) is 6.07 Å². The third-order valence-corrected chi connectivity index (χ3v) is 3.99. The molecular formula is C17H13F2N. The minimum Gasteiger partial charge on any atom is -0.207 e. The molecule has 0 aromatic heterocycles. The van der Waals surface area contributed by atoms with Crippen LogP contribution >= 0.6 is 0 Å². The van der Waals surface area contributed by atoms with Gasteiger partial charge in [-0.3, -0.25) is 0 Å². The Morgan fingerprint density at radius 3 is 2.00 bits per heavy atom. The van der Waals surface area contributed by atoms with Crippen molar-refractivity contribution in [3.8, 4) is 6.07 Å². The lowest BCUT2D eigenvalue weighted by Crippen LogP contribution is -2.23. The number of rotatable bonds is 2. The first-order chi connectivity index (χ1) is 9.63. The summed E-state index contributed by atoms with van der Waals surface area (Å²) in [6, 6.07) is 13.9. The van der Waals surface area contributed by atoms with Crippen LogP contribution in [0.1, 0.15) is 16.7 Å². The largest absolute Gasteiger partial charge is 0.207 e. The molecule has 20 heavy (non-hydrogen) atoms. The molecule has 3 heteroatoms. The average Bonchev–Trinajstić information content (AvgIpc) is 2.82. The second-order valence-electron chi connectivity index (χ2n) is 5.39. The zero-order chi connectivity index (χ0) is 14.2. The highest BCUT2D eigenvalue weighted by atomic mass is 19.1. The summed E-state index contributed by atoms with van der Waals surface area (Å²) in [7, 11) is 0. The quantitative estimate of drug-likeness (QED) is 0.813. The smallest absolute Gasteiger partial charge is 0.129 e. The van der Waals surface area contributed by atoms with Gasteiger partial charge >= 0.3 is 0 Å². The first kappa shape index (κ1) is 12.8. The van der Waals surface area contributed by atoms with E-state index in [0.717, 1.165) is 11.1 Å². The lowest BCUT2D eigenvalue weighted by Gasteiger charge is -2.20. The minimum absolute atomic E-state index is 0.0156. The number of benzene rings is 2. The van der Waals surface area contributed by atoms with Gasteiger partial charge in [0.15, 0.2) is 0 Å². The van der Waals surface area contributed by atoms with E-state index in [4.69, 9.17) is 0 Å². The molecule has 0 fully saturated rings. The molecule has 0 bridgehead atoms. The van der Waals surface area contributed by atoms with Crippen molar-refractivity contribution < 1.29 is 8.78 Å². The summed E-state index contributed by atoms with van der Waals surface area (Å²) >= 11 is 0. The molecule has 0 amide bonds. The van der Waals surface area contributed by atoms with Gasteiger partial charge in [0, 0.05) is 5.56 Å². The molecule has 2 aromatic rings. The zero-order valence-corrected chi connectivity index (χ0v) is 10.9. The molecule has 0 radical (unpaired) electrons. The molecule has 2 aromatic carbocycles. The van der Waals surface area contributed by atoms with E-state index in [0.29, 0.717) is 12.8 Å². The highest BCUT2D eigenvalue weighted by Gasteiger charge is 2.38. The number of fused-ring (bicyclic) bond motifs is 1. The van der Waals surface area contributed by atoms with Crippen LogP contribution in [0.15, 0.2) is 42.5 Å². The van der Waals surface area contributed by atoms with E-state index >= 15 is 0 Å². The Labute approximate surface area is 116 Å². The first-order valence-corrected chi connectivity index (χ1v) is 6.54. The molecule has 0 unspecified atom stereocenters. The molecule has 0 aliphatic heterocycles. The van der Waals surface area contributed by atoms with Crippen molar-refractivity contribution in [3.63, 3.8) is 0 Å². The average molecular weight is 269 g/mol. The molecule has 1 aliphatic carbocycles. The Morgan fingerprint density at radius 1 is 0.950 bits per heavy atom. The Kier molecular flexibility index (Phi) is 3.02. The second-order valence-corrected chi connectivity index (χ2v) is 5.39. The fraction of sp³-hybridized carbons (Fsp3) is 0.235. The second kappa shape index (κ2) is 4.72. The summed E-state index contributed by atoms with van der Waals surface area (Å²) in [4.78, 5) is 0. The van der Waals surface area contributed by atoms with Gasteiger partial charge in [-0.2, -0.15) is 5.26 Å². The Bertz CT molecular complexity index is 655. The molecule has 1 aliphatic rings. The summed E-state index contributed by atoms with van der Waals surface area (Å²) in [6.45, 7) is 0. The van der Waals surface area contributed by atoms with Gasteiger partial charge in [0.25, 0.3) is 0 Å². The molecule has 100 valence electrons. The SMILES string of the molecule is N#CC1(Cc2c(F)cccc2F)Cc2ccccc2C1. The van der Waals surface area contributed by atoms with Crippen molar-refractivity contribution in [1.29, 1.82) is 5.26 Å². The van der Waals surface area contributed by atoms with Gasteiger partial charge < -0.3 is 0 Å². The van der Waals surface area contributed by atoms with Gasteiger partial charge in [0.05, 0.1) is 11.5 Å². The molecule has 0 heterocycles. The maximum absolute atomic E-state index is 13.8. The molecule has 0 N–H and O–H groups in total. The van der Waals surface area contributed by atoms with Crippen molar-refractivity contribution >= 4 is 0 Å². The van der Waals surface area contributed by atoms with Crippen LogP contribution in [0.3, 0.4) is 0 Å². The van der Waals surface area contributed by atoms with Gasteiger partial charge in [0.1, 0.15) is 11.6 Å². The first-order valence-electron chi connectivity index (χ1n) is 6.54. The van der Waals surface area contributed by atoms with Gasteiger partial charge in [-0.25, -0.2) is 8.78 Å². The Morgan fingerprint density at radius 2 is 1.50 bits per heavy atom. The highest BCUT2D eigenvalue weighted by molar-refractivity contribution is 5.38. The summed E-state index contributed by atoms with van der Waals surface area (Å²) in [5.74, 6) is -1.15. The third kappa shape index (κ3) is 2.08. The van der Waals surface area contributed by atoms with Crippen LogP contribution in [-0.2, 0) is 19.3 Å². The highest BCUT2D eigenvalue weighted by Crippen LogP contribution is 2.39. The van der Waals surface area contributed by atoms with Gasteiger partial charge in [0.2, 0.25) is 0 Å². The van der Waals surface area contributed by atoms with E-state index in [-0.39, 0.29) is 12.0 Å². The molecule has 0 spiro atoms. The topological polar surface area (TPSA) is 23.8 Å². The Hall–Kier alpha value is -2.21. The van der Waals surface area contributed by atoms with E-state index in [9.17, 15) is 14.0 Å². The third-order valence-electron chi connectivity index (χ3n) is 3.99. The number of halogens is 2. The maximum Gasteiger partial charge on any atom is 0.129 e. The fourth-order valence-corrected chi connectivity index (χ4v) is 2.98. The summed E-state index contributed by atoms with van der Waals surface area (Å²) in [5, 5.41) is 9.54. The van der Waals surface area contributed by atoms with E-state index < -0.39 is 17.0 Å². The molecule has 0 atom stereocenters. The van der Waals surface area contributed by atoms with Crippen molar-refractivity contribution in [2.24, 2.45) is 5.41 Å². The summed E-state index contributed by atoms with van der Waals surface area (Å²) in [5.41, 5.74) is 1.48. The van der Waals surface area contributed by atoms with Crippen LogP contribution in [-0.4, -0.2) is 0 Å². The van der Waals surface area contributed by atoms with Gasteiger partial charge in [-0.05, 0) is 42.5 Å². The van der Waals surface area contributed by atoms with Crippen LogP contribution in [0.25, 0.3) is 0 Å². The van der Waals surface area contributed by atoms with Crippen LogP contribution < -0.4 is 0 Å². The van der Waals surface area contributed by atoms with Crippen LogP contribution in [0.2, 0.25) is 0 Å². The lowest BCUT2D eigenvalue weighted by molar-refractivity contribution is 0.398. The zero-order valence-electron chi connectivity index (χ0n) is 10.9. The molecule has 3 rings (SSSR count). The molecule has 0 saturated heterocycles. The van der Waals surface area contributed by atoms with E-state index in [1.54, 1.807) is 0 Å². The predicted molar refractivity (Wildman–Crippen MR) is 72.0 cm³/mol. The number of nitriles is 1. The maximum atomic E-state index is 13.8. The predicted octanol–water partition coefficient (Wildman–Crippen LogP) is 3.82. The van der Waals surface area contributed by atoms with Crippen molar-refractivity contribution in [2.45, 2.75) is 19.3 Å². The minimum atomic E-state index is -0.743. The van der Waals surface area contributed by atoms with Crippen molar-refractivity contribution in [1.82, 2.24) is 0 Å². The number of nitrogens with zero attached hydrogens (tertiary/aromatic N) is 1. The monoisotopic (exact) mass is 269 g/mol. The van der Waals surface area contributed by atoms with Crippen molar-refractivity contribution in [2.75, 3.05) is 0 Å². The van der Waals surface area contributed by atoms with Crippen molar-refractivity contribution in [3.05, 3.63) is 70.8 Å². The van der Waals surface area contributed by atoms with Gasteiger partial charge in [-0.1, -0.05) is 30.3 Å². The normalized spacial score (nSPS) is 15.7. The summed E-state index contributed by atoms with van der Waals surface area (Å²) < 4.78 is 27.6. The van der Waals surface area contributed by atoms with E-state index in [1.165, 1.54) is 18.2 Å². The van der Waals surface area contributed by atoms with Crippen LogP contribution in [0.4, 0.5) is 8.78 Å². The fourth-order valence-electron chi connectivity index (χ4n) is 2.98.